The fraction of sp³-hybridized carbons (Fsp3) is 0.143. The van der Waals surface area contributed by atoms with Crippen LogP contribution in [0, 0.1) is 3.57 Å². The van der Waals surface area contributed by atoms with Gasteiger partial charge in [0.2, 0.25) is 0 Å². The fourth-order valence-electron chi connectivity index (χ4n) is 1.87. The topological polar surface area (TPSA) is 58.2 Å². The van der Waals surface area contributed by atoms with E-state index in [2.05, 4.69) is 10.0 Å². The molecule has 21 heavy (non-hydrogen) atoms. The third-order valence-electron chi connectivity index (χ3n) is 2.80. The molecule has 0 aliphatic rings. The van der Waals surface area contributed by atoms with E-state index in [-0.39, 0.29) is 4.90 Å². The lowest BCUT2D eigenvalue weighted by molar-refractivity contribution is 0.599. The molecule has 7 heteroatoms. The summed E-state index contributed by atoms with van der Waals surface area (Å²) < 4.78 is 28.5. The second-order valence-electron chi connectivity index (χ2n) is 4.37. The zero-order valence-corrected chi connectivity index (χ0v) is 15.0. The Morgan fingerprint density at radius 3 is 2.57 bits per heavy atom. The lowest BCUT2D eigenvalue weighted by Gasteiger charge is -2.13. The largest absolute Gasteiger partial charge is 0.316 e. The van der Waals surface area contributed by atoms with Gasteiger partial charge in [0.1, 0.15) is 0 Å². The molecular weight excluding hydrogens is 423 g/mol. The Balaban J connectivity index is 2.39. The molecule has 2 aromatic rings. The molecule has 0 saturated carbocycles. The van der Waals surface area contributed by atoms with Crippen molar-refractivity contribution < 1.29 is 8.42 Å². The van der Waals surface area contributed by atoms with E-state index >= 15 is 0 Å². The maximum Gasteiger partial charge on any atom is 0.262 e. The van der Waals surface area contributed by atoms with Crippen LogP contribution in [0.5, 0.6) is 0 Å². The predicted molar refractivity (Wildman–Crippen MR) is 94.2 cm³/mol. The van der Waals surface area contributed by atoms with E-state index in [9.17, 15) is 8.42 Å². The Morgan fingerprint density at radius 1 is 1.19 bits per heavy atom. The highest BCUT2D eigenvalue weighted by molar-refractivity contribution is 14.1. The molecule has 112 valence electrons. The molecule has 0 unspecified atom stereocenters. The highest BCUT2D eigenvalue weighted by Gasteiger charge is 2.18. The second-order valence-corrected chi connectivity index (χ2v) is 7.62. The van der Waals surface area contributed by atoms with Gasteiger partial charge in [0.15, 0.2) is 0 Å². The Bertz CT molecular complexity index is 750. The summed E-state index contributed by atoms with van der Waals surface area (Å²) in [4.78, 5) is 0.269. The Morgan fingerprint density at radius 2 is 1.90 bits per heavy atom. The van der Waals surface area contributed by atoms with Crippen LogP contribution in [-0.2, 0) is 16.6 Å². The molecule has 0 aliphatic carbocycles. The van der Waals surface area contributed by atoms with Crippen LogP contribution in [0.25, 0.3) is 0 Å². The van der Waals surface area contributed by atoms with Gasteiger partial charge in [-0.1, -0.05) is 29.8 Å². The number of hydrogen-bond acceptors (Lipinski definition) is 3. The van der Waals surface area contributed by atoms with Crippen molar-refractivity contribution in [1.29, 1.82) is 0 Å². The minimum Gasteiger partial charge on any atom is -0.316 e. The average molecular weight is 437 g/mol. The molecule has 0 fully saturated rings. The van der Waals surface area contributed by atoms with Crippen molar-refractivity contribution >= 4 is 49.9 Å². The molecule has 2 aromatic carbocycles. The number of benzene rings is 2. The smallest absolute Gasteiger partial charge is 0.262 e. The number of rotatable bonds is 5. The summed E-state index contributed by atoms with van der Waals surface area (Å²) in [5.74, 6) is 0. The summed E-state index contributed by atoms with van der Waals surface area (Å²) in [5.41, 5.74) is 1.23. The lowest BCUT2D eigenvalue weighted by Crippen LogP contribution is -2.17. The first-order chi connectivity index (χ1) is 9.94. The van der Waals surface area contributed by atoms with Crippen LogP contribution in [0.2, 0.25) is 5.02 Å². The molecule has 0 aromatic heterocycles. The van der Waals surface area contributed by atoms with E-state index in [1.165, 1.54) is 0 Å². The number of hydrogen-bond donors (Lipinski definition) is 2. The summed E-state index contributed by atoms with van der Waals surface area (Å²) in [7, 11) is -1.86. The van der Waals surface area contributed by atoms with Crippen LogP contribution in [0.4, 0.5) is 5.69 Å². The Hall–Kier alpha value is -0.830. The van der Waals surface area contributed by atoms with Crippen molar-refractivity contribution in [3.8, 4) is 0 Å². The number of halogens is 2. The third-order valence-corrected chi connectivity index (χ3v) is 5.40. The van der Waals surface area contributed by atoms with E-state index in [0.29, 0.717) is 17.3 Å². The van der Waals surface area contributed by atoms with Gasteiger partial charge >= 0.3 is 0 Å². The van der Waals surface area contributed by atoms with E-state index in [1.54, 1.807) is 43.4 Å². The van der Waals surface area contributed by atoms with Gasteiger partial charge in [-0.15, -0.1) is 0 Å². The monoisotopic (exact) mass is 436 g/mol. The molecule has 0 aliphatic heterocycles. The van der Waals surface area contributed by atoms with Gasteiger partial charge in [-0.2, -0.15) is 0 Å². The lowest BCUT2D eigenvalue weighted by atomic mass is 10.2. The van der Waals surface area contributed by atoms with Gasteiger partial charge < -0.3 is 5.32 Å². The van der Waals surface area contributed by atoms with Crippen molar-refractivity contribution in [2.45, 2.75) is 11.4 Å². The van der Waals surface area contributed by atoms with Crippen LogP contribution in [0.15, 0.2) is 47.4 Å². The van der Waals surface area contributed by atoms with Crippen LogP contribution in [0.1, 0.15) is 5.56 Å². The first-order valence-corrected chi connectivity index (χ1v) is 9.08. The van der Waals surface area contributed by atoms with Gasteiger partial charge in [0, 0.05) is 15.1 Å². The van der Waals surface area contributed by atoms with Crippen molar-refractivity contribution in [3.05, 3.63) is 56.6 Å². The van der Waals surface area contributed by atoms with Crippen molar-refractivity contribution in [3.63, 3.8) is 0 Å². The molecule has 0 heterocycles. The summed E-state index contributed by atoms with van der Waals surface area (Å²) in [6.07, 6.45) is 0. The molecule has 0 radical (unpaired) electrons. The summed E-state index contributed by atoms with van der Waals surface area (Å²) in [6, 6.07) is 11.9. The van der Waals surface area contributed by atoms with E-state index in [1.807, 2.05) is 28.7 Å². The molecule has 2 N–H and O–H groups in total. The maximum absolute atomic E-state index is 12.6. The average Bonchev–Trinajstić information content (AvgIpc) is 2.43. The number of sulfonamides is 1. The molecule has 0 saturated heterocycles. The molecule has 0 atom stereocenters. The zero-order chi connectivity index (χ0) is 15.5. The van der Waals surface area contributed by atoms with Gasteiger partial charge in [-0.25, -0.2) is 8.42 Å². The van der Waals surface area contributed by atoms with Crippen LogP contribution >= 0.6 is 34.2 Å². The zero-order valence-electron chi connectivity index (χ0n) is 11.2. The first kappa shape index (κ1) is 16.5. The van der Waals surface area contributed by atoms with E-state index < -0.39 is 10.0 Å². The van der Waals surface area contributed by atoms with Crippen molar-refractivity contribution in [2.24, 2.45) is 0 Å². The Labute approximate surface area is 143 Å². The maximum atomic E-state index is 12.6. The summed E-state index contributed by atoms with van der Waals surface area (Å²) >= 11 is 7.93. The van der Waals surface area contributed by atoms with Crippen molar-refractivity contribution in [1.82, 2.24) is 5.32 Å². The molecule has 0 bridgehead atoms. The predicted octanol–water partition coefficient (Wildman–Crippen LogP) is 3.46. The SMILES string of the molecule is CNCc1ccccc1S(=O)(=O)Nc1ccc(Cl)cc1I. The van der Waals surface area contributed by atoms with Gasteiger partial charge in [-0.05, 0) is 59.5 Å². The van der Waals surface area contributed by atoms with E-state index in [0.717, 1.165) is 9.13 Å². The molecule has 2 rings (SSSR count). The molecular formula is C14H14ClIN2O2S. The fourth-order valence-corrected chi connectivity index (χ4v) is 4.38. The molecule has 0 amide bonds. The minimum atomic E-state index is -3.64. The summed E-state index contributed by atoms with van der Waals surface area (Å²) in [5, 5.41) is 3.54. The first-order valence-electron chi connectivity index (χ1n) is 6.14. The van der Waals surface area contributed by atoms with Crippen molar-refractivity contribution in [2.75, 3.05) is 11.8 Å². The minimum absolute atomic E-state index is 0.269. The van der Waals surface area contributed by atoms with E-state index in [4.69, 9.17) is 11.6 Å². The van der Waals surface area contributed by atoms with Gasteiger partial charge in [0.05, 0.1) is 10.6 Å². The molecule has 0 spiro atoms. The van der Waals surface area contributed by atoms with Gasteiger partial charge in [0.25, 0.3) is 10.0 Å². The summed E-state index contributed by atoms with van der Waals surface area (Å²) in [6.45, 7) is 0.481. The number of anilines is 1. The standard InChI is InChI=1S/C14H14ClIN2O2S/c1-17-9-10-4-2-3-5-14(10)21(19,20)18-13-7-6-11(15)8-12(13)16/h2-8,17-18H,9H2,1H3. The third kappa shape index (κ3) is 4.09. The quantitative estimate of drug-likeness (QED) is 0.706. The van der Waals surface area contributed by atoms with Crippen LogP contribution in [0.3, 0.4) is 0 Å². The molecule has 4 nitrogen and oxygen atoms in total. The van der Waals surface area contributed by atoms with Gasteiger partial charge in [-0.3, -0.25) is 4.72 Å². The normalized spacial score (nSPS) is 11.4. The Kier molecular flexibility index (Phi) is 5.48. The number of nitrogens with one attached hydrogen (secondary N) is 2. The highest BCUT2D eigenvalue weighted by Crippen LogP contribution is 2.26. The second kappa shape index (κ2) is 6.95. The van der Waals surface area contributed by atoms with Crippen LogP contribution < -0.4 is 10.0 Å². The van der Waals surface area contributed by atoms with Crippen LogP contribution in [-0.4, -0.2) is 15.5 Å². The highest BCUT2D eigenvalue weighted by atomic mass is 127.